The van der Waals surface area contributed by atoms with Crippen LogP contribution < -0.4 is 0 Å². The van der Waals surface area contributed by atoms with Gasteiger partial charge in [0.15, 0.2) is 18.7 Å². The van der Waals surface area contributed by atoms with E-state index >= 15 is 0 Å². The van der Waals surface area contributed by atoms with E-state index in [1.165, 1.54) is 77.0 Å². The van der Waals surface area contributed by atoms with E-state index in [2.05, 4.69) is 38.2 Å². The first-order chi connectivity index (χ1) is 37.9. The van der Waals surface area contributed by atoms with Crippen molar-refractivity contribution in [1.29, 1.82) is 0 Å². The van der Waals surface area contributed by atoms with Crippen LogP contribution in [0.4, 0.5) is 0 Å². The van der Waals surface area contributed by atoms with Crippen LogP contribution in [0, 0.1) is 0 Å². The van der Waals surface area contributed by atoms with Gasteiger partial charge < -0.3 is 89.5 Å². The van der Waals surface area contributed by atoms with E-state index in [-0.39, 0.29) is 12.8 Å². The lowest BCUT2D eigenvalue weighted by Gasteiger charge is -2.49. The van der Waals surface area contributed by atoms with Gasteiger partial charge in [-0.1, -0.05) is 128 Å². The van der Waals surface area contributed by atoms with E-state index in [0.717, 1.165) is 57.8 Å². The first kappa shape index (κ1) is 71.2. The maximum Gasteiger partial charge on any atom is 0.472 e. The quantitative estimate of drug-likeness (QED) is 0.0179. The third-order valence-electron chi connectivity index (χ3n) is 14.5. The number of esters is 2. The normalized spacial score (nSPS) is 31.6. The second-order valence-electron chi connectivity index (χ2n) is 21.2. The topological polar surface area (TPSA) is 368 Å². The zero-order chi connectivity index (χ0) is 58.2. The Hall–Kier alpha value is -2.07. The van der Waals surface area contributed by atoms with Crippen molar-refractivity contribution in [2.24, 2.45) is 0 Å². The van der Waals surface area contributed by atoms with Crippen LogP contribution in [0.3, 0.4) is 0 Å². The van der Waals surface area contributed by atoms with Gasteiger partial charge in [0.2, 0.25) is 0 Å². The van der Waals surface area contributed by atoms with Crippen LogP contribution in [-0.2, 0) is 51.6 Å². The molecule has 16 atom stereocenters. The first-order valence-electron chi connectivity index (χ1n) is 29.2. The van der Waals surface area contributed by atoms with E-state index in [1.54, 1.807) is 0 Å². The molecule has 2 heterocycles. The van der Waals surface area contributed by atoms with Crippen LogP contribution in [0.1, 0.15) is 181 Å². The predicted octanol–water partition coefficient (Wildman–Crippen LogP) is 3.70. The largest absolute Gasteiger partial charge is 0.472 e. The van der Waals surface area contributed by atoms with Crippen LogP contribution in [0.15, 0.2) is 24.3 Å². The van der Waals surface area contributed by atoms with Gasteiger partial charge in [-0.3, -0.25) is 18.6 Å². The molecule has 24 heteroatoms. The molecule has 3 aliphatic rings. The Morgan fingerprint density at radius 1 is 0.468 bits per heavy atom. The maximum atomic E-state index is 14.0. The molecule has 1 aliphatic carbocycles. The van der Waals surface area contributed by atoms with Gasteiger partial charge in [0, 0.05) is 12.8 Å². The maximum absolute atomic E-state index is 14.0. The molecule has 0 radical (unpaired) electrons. The highest BCUT2D eigenvalue weighted by molar-refractivity contribution is 7.47. The fourth-order valence-electron chi connectivity index (χ4n) is 9.58. The lowest BCUT2D eigenvalue weighted by molar-refractivity contribution is -0.360. The number of ether oxygens (including phenoxy) is 6. The van der Waals surface area contributed by atoms with Crippen molar-refractivity contribution < 1.29 is 113 Å². The Kier molecular flexibility index (Phi) is 36.3. The number of hydrogen-bond acceptors (Lipinski definition) is 22. The minimum atomic E-state index is -5.64. The third-order valence-corrected chi connectivity index (χ3v) is 15.5. The van der Waals surface area contributed by atoms with E-state index in [9.17, 15) is 75.2 Å². The molecule has 23 nitrogen and oxygen atoms in total. The molecule has 12 N–H and O–H groups in total. The zero-order valence-corrected chi connectivity index (χ0v) is 47.5. The molecular formula is C55H99O23P. The summed E-state index contributed by atoms with van der Waals surface area (Å²) in [6, 6.07) is 0. The SMILES string of the molecule is CCCCCCCCC/C=C\CCCCCC(=O)OCC(COP(=O)(O)OC1C(OC2OC(CO)C(O)C(O)C2O)C(O)C(O)C(O)C1OC1OC(CO)C(O)C(O)C1O)OC(=O)CCCCC/C=C\CCCCCCCCC. The number of carbonyl (C=O) groups excluding carboxylic acids is 2. The van der Waals surface area contributed by atoms with Gasteiger partial charge >= 0.3 is 19.8 Å². The average Bonchev–Trinajstić information content (AvgIpc) is 3.50. The minimum Gasteiger partial charge on any atom is -0.462 e. The highest BCUT2D eigenvalue weighted by atomic mass is 31.2. The van der Waals surface area contributed by atoms with Crippen molar-refractivity contribution in [2.45, 2.75) is 285 Å². The second-order valence-corrected chi connectivity index (χ2v) is 22.6. The molecule has 0 aromatic rings. The summed E-state index contributed by atoms with van der Waals surface area (Å²) in [5, 5.41) is 117. The molecule has 2 aliphatic heterocycles. The number of aliphatic hydroxyl groups excluding tert-OH is 11. The fraction of sp³-hybridized carbons (Fsp3) is 0.891. The summed E-state index contributed by atoms with van der Waals surface area (Å²) in [6.07, 6.45) is -1.13. The summed E-state index contributed by atoms with van der Waals surface area (Å²) in [4.78, 5) is 37.4. The average molecular weight is 1160 g/mol. The molecule has 2 saturated heterocycles. The van der Waals surface area contributed by atoms with Crippen molar-refractivity contribution in [3.8, 4) is 0 Å². The molecule has 0 aromatic carbocycles. The first-order valence-corrected chi connectivity index (χ1v) is 30.7. The van der Waals surface area contributed by atoms with Crippen LogP contribution in [0.5, 0.6) is 0 Å². The van der Waals surface area contributed by atoms with E-state index in [1.807, 2.05) is 0 Å². The number of aliphatic hydroxyl groups is 11. The number of rotatable bonds is 42. The van der Waals surface area contributed by atoms with Crippen molar-refractivity contribution in [3.05, 3.63) is 24.3 Å². The molecule has 3 rings (SSSR count). The van der Waals surface area contributed by atoms with E-state index in [0.29, 0.717) is 19.3 Å². The lowest BCUT2D eigenvalue weighted by atomic mass is 9.84. The molecule has 0 bridgehead atoms. The summed E-state index contributed by atoms with van der Waals surface area (Å²) >= 11 is 0. The molecule has 0 aromatic heterocycles. The van der Waals surface area contributed by atoms with Gasteiger partial charge in [0.25, 0.3) is 0 Å². The van der Waals surface area contributed by atoms with Gasteiger partial charge in [-0.25, -0.2) is 4.57 Å². The number of allylic oxidation sites excluding steroid dienone is 4. The van der Waals surface area contributed by atoms with Gasteiger partial charge in [0.1, 0.15) is 92.1 Å². The molecular weight excluding hydrogens is 1060 g/mol. The standard InChI is InChI=1S/C55H99O23P/c1-3-5-7-9-11-13-15-17-19-21-23-25-27-29-31-40(58)71-35-37(73-41(59)32-30-28-26-24-22-20-18-16-14-12-10-8-6-4-2)36-72-79(69,70)78-53-51(76-54-49(67)44(62)42(60)38(33-56)74-54)47(65)46(64)48(66)52(53)77-55-50(68)45(63)43(61)39(34-57)75-55/h19-22,37-39,42-57,60-68H,3-18,23-36H2,1-2H3,(H,69,70)/b21-19-,22-20-. The van der Waals surface area contributed by atoms with Crippen molar-refractivity contribution >= 4 is 19.8 Å². The Morgan fingerprint density at radius 2 is 0.835 bits per heavy atom. The third kappa shape index (κ3) is 26.2. The number of carbonyl (C=O) groups is 2. The Balaban J connectivity index is 1.72. The van der Waals surface area contributed by atoms with Crippen molar-refractivity contribution in [1.82, 2.24) is 0 Å². The zero-order valence-electron chi connectivity index (χ0n) is 46.6. The van der Waals surface area contributed by atoms with Crippen molar-refractivity contribution in [3.63, 3.8) is 0 Å². The molecule has 79 heavy (non-hydrogen) atoms. The molecule has 0 spiro atoms. The Labute approximate surface area is 466 Å². The summed E-state index contributed by atoms with van der Waals surface area (Å²) < 4.78 is 58.0. The van der Waals surface area contributed by atoms with Crippen LogP contribution in [0.2, 0.25) is 0 Å². The van der Waals surface area contributed by atoms with Crippen LogP contribution >= 0.6 is 7.82 Å². The summed E-state index contributed by atoms with van der Waals surface area (Å²) in [5.74, 6) is -1.37. The predicted molar refractivity (Wildman–Crippen MR) is 286 cm³/mol. The molecule has 16 unspecified atom stereocenters. The lowest BCUT2D eigenvalue weighted by Crippen LogP contribution is -2.69. The number of hydrogen-bond donors (Lipinski definition) is 12. The highest BCUT2D eigenvalue weighted by Gasteiger charge is 2.58. The fourth-order valence-corrected chi connectivity index (χ4v) is 10.5. The Morgan fingerprint density at radius 3 is 1.24 bits per heavy atom. The van der Waals surface area contributed by atoms with Gasteiger partial charge in [-0.2, -0.15) is 0 Å². The summed E-state index contributed by atoms with van der Waals surface area (Å²) in [7, 11) is -5.64. The van der Waals surface area contributed by atoms with E-state index in [4.69, 9.17) is 37.5 Å². The number of phosphoric acid groups is 1. The van der Waals surface area contributed by atoms with Crippen LogP contribution in [-0.4, -0.2) is 204 Å². The minimum absolute atomic E-state index is 0.0300. The summed E-state index contributed by atoms with van der Waals surface area (Å²) in [6.45, 7) is 0.960. The van der Waals surface area contributed by atoms with Crippen LogP contribution in [0.25, 0.3) is 0 Å². The summed E-state index contributed by atoms with van der Waals surface area (Å²) in [5.41, 5.74) is 0. The molecule has 462 valence electrons. The molecule has 1 saturated carbocycles. The number of unbranched alkanes of at least 4 members (excludes halogenated alkanes) is 20. The Bertz CT molecular complexity index is 1670. The smallest absolute Gasteiger partial charge is 0.462 e. The monoisotopic (exact) mass is 1160 g/mol. The van der Waals surface area contributed by atoms with Gasteiger partial charge in [-0.15, -0.1) is 0 Å². The highest BCUT2D eigenvalue weighted by Crippen LogP contribution is 2.49. The second kappa shape index (κ2) is 40.2. The molecule has 3 fully saturated rings. The van der Waals surface area contributed by atoms with Gasteiger partial charge in [0.05, 0.1) is 19.8 Å². The van der Waals surface area contributed by atoms with Crippen molar-refractivity contribution in [2.75, 3.05) is 26.4 Å². The number of phosphoric ester groups is 1. The van der Waals surface area contributed by atoms with E-state index < -0.39 is 150 Å². The molecule has 0 amide bonds. The van der Waals surface area contributed by atoms with Gasteiger partial charge in [-0.05, 0) is 64.2 Å².